The van der Waals surface area contributed by atoms with Crippen LogP contribution in [0.15, 0.2) is 0 Å². The van der Waals surface area contributed by atoms with Crippen molar-refractivity contribution < 1.29 is 10.2 Å². The zero-order valence-corrected chi connectivity index (χ0v) is 5.33. The maximum absolute atomic E-state index is 9.12. The molecule has 0 radical (unpaired) electrons. The molecule has 0 saturated heterocycles. The molecule has 0 aromatic carbocycles. The van der Waals surface area contributed by atoms with Crippen LogP contribution in [0.5, 0.6) is 0 Å². The van der Waals surface area contributed by atoms with Gasteiger partial charge in [0.25, 0.3) is 0 Å². The molecule has 3 atom stereocenters. The minimum absolute atomic E-state index is 0.0278. The van der Waals surface area contributed by atoms with Gasteiger partial charge in [0.05, 0.1) is 6.10 Å². The first-order chi connectivity index (χ1) is 4.24. The van der Waals surface area contributed by atoms with Gasteiger partial charge in [0, 0.05) is 18.6 Å². The first-order valence-corrected chi connectivity index (χ1v) is 3.28. The highest BCUT2D eigenvalue weighted by Gasteiger charge is 2.29. The minimum Gasteiger partial charge on any atom is -0.396 e. The minimum atomic E-state index is -0.370. The maximum atomic E-state index is 9.12. The lowest BCUT2D eigenvalue weighted by atomic mass is 10.1. The Morgan fingerprint density at radius 1 is 1.44 bits per heavy atom. The van der Waals surface area contributed by atoms with Crippen LogP contribution in [0.2, 0.25) is 0 Å². The predicted octanol–water partition coefficient (Wildman–Crippen LogP) is -0.923. The van der Waals surface area contributed by atoms with Crippen LogP contribution in [0.4, 0.5) is 0 Å². The monoisotopic (exact) mass is 131 g/mol. The van der Waals surface area contributed by atoms with Crippen LogP contribution in [-0.4, -0.2) is 29.0 Å². The number of hydrogen-bond donors (Lipinski definition) is 3. The maximum Gasteiger partial charge on any atom is 0.0605 e. The summed E-state index contributed by atoms with van der Waals surface area (Å²) in [7, 11) is 0. The van der Waals surface area contributed by atoms with Crippen LogP contribution in [0.3, 0.4) is 0 Å². The van der Waals surface area contributed by atoms with Crippen molar-refractivity contribution in [1.29, 1.82) is 0 Å². The summed E-state index contributed by atoms with van der Waals surface area (Å²) in [5, 5.41) is 17.8. The Morgan fingerprint density at radius 2 is 2.11 bits per heavy atom. The van der Waals surface area contributed by atoms with E-state index >= 15 is 0 Å². The molecule has 3 heteroatoms. The van der Waals surface area contributed by atoms with Gasteiger partial charge in [-0.3, -0.25) is 0 Å². The summed E-state index contributed by atoms with van der Waals surface area (Å²) in [6.45, 7) is 0.0644. The second-order valence-electron chi connectivity index (χ2n) is 2.74. The third-order valence-corrected chi connectivity index (χ3v) is 1.93. The zero-order chi connectivity index (χ0) is 6.85. The fraction of sp³-hybridized carbons (Fsp3) is 1.00. The van der Waals surface area contributed by atoms with Crippen molar-refractivity contribution in [2.75, 3.05) is 6.61 Å². The molecule has 0 amide bonds. The third kappa shape index (κ3) is 1.41. The third-order valence-electron chi connectivity index (χ3n) is 1.93. The summed E-state index contributed by atoms with van der Waals surface area (Å²) < 4.78 is 0. The molecule has 1 fully saturated rings. The molecule has 4 N–H and O–H groups in total. The molecule has 1 unspecified atom stereocenters. The van der Waals surface area contributed by atoms with Gasteiger partial charge in [0.1, 0.15) is 0 Å². The van der Waals surface area contributed by atoms with E-state index in [2.05, 4.69) is 0 Å². The second-order valence-corrected chi connectivity index (χ2v) is 2.74. The van der Waals surface area contributed by atoms with Crippen molar-refractivity contribution >= 4 is 0 Å². The van der Waals surface area contributed by atoms with Crippen molar-refractivity contribution in [3.63, 3.8) is 0 Å². The Balaban J connectivity index is 2.38. The van der Waals surface area contributed by atoms with Crippen molar-refractivity contribution in [2.45, 2.75) is 25.0 Å². The van der Waals surface area contributed by atoms with E-state index in [1.807, 2.05) is 0 Å². The quantitative estimate of drug-likeness (QED) is 0.431. The number of hydrogen-bond acceptors (Lipinski definition) is 3. The molecule has 54 valence electrons. The van der Waals surface area contributed by atoms with Gasteiger partial charge in [-0.1, -0.05) is 0 Å². The fourth-order valence-electron chi connectivity index (χ4n) is 1.34. The lowest BCUT2D eigenvalue weighted by molar-refractivity contribution is 0.0908. The van der Waals surface area contributed by atoms with E-state index in [9.17, 15) is 0 Å². The molecule has 0 aromatic rings. The van der Waals surface area contributed by atoms with Crippen molar-refractivity contribution in [3.05, 3.63) is 0 Å². The number of aliphatic hydroxyl groups is 2. The van der Waals surface area contributed by atoms with E-state index in [1.165, 1.54) is 0 Å². The van der Waals surface area contributed by atoms with E-state index in [1.54, 1.807) is 0 Å². The van der Waals surface area contributed by atoms with Gasteiger partial charge in [-0.25, -0.2) is 0 Å². The van der Waals surface area contributed by atoms with Gasteiger partial charge in [0.2, 0.25) is 0 Å². The molecule has 0 bridgehead atoms. The molecule has 1 saturated carbocycles. The standard InChI is InChI=1S/C6H13NO2/c7-5-1-4(3-8)6(9)2-5/h4-6,8-9H,1-3,7H2/t4?,5-,6+/m1/s1. The molecule has 1 rings (SSSR count). The number of nitrogens with two attached hydrogens (primary N) is 1. The first kappa shape index (κ1) is 6.99. The Hall–Kier alpha value is -0.120. The topological polar surface area (TPSA) is 66.5 Å². The summed E-state index contributed by atoms with van der Waals surface area (Å²) in [6, 6.07) is 0.0946. The molecular weight excluding hydrogens is 118 g/mol. The van der Waals surface area contributed by atoms with Crippen LogP contribution in [0, 0.1) is 5.92 Å². The van der Waals surface area contributed by atoms with E-state index in [0.717, 1.165) is 6.42 Å². The van der Waals surface area contributed by atoms with Gasteiger partial charge in [-0.2, -0.15) is 0 Å². The molecule has 0 heterocycles. The van der Waals surface area contributed by atoms with Gasteiger partial charge in [-0.15, -0.1) is 0 Å². The second kappa shape index (κ2) is 2.64. The normalized spacial score (nSPS) is 43.7. The average Bonchev–Trinajstić information content (AvgIpc) is 2.10. The highest BCUT2D eigenvalue weighted by atomic mass is 16.3. The van der Waals surface area contributed by atoms with Gasteiger partial charge >= 0.3 is 0 Å². The molecular formula is C6H13NO2. The first-order valence-electron chi connectivity index (χ1n) is 3.28. The molecule has 3 nitrogen and oxygen atoms in total. The van der Waals surface area contributed by atoms with Crippen LogP contribution < -0.4 is 5.73 Å². The Morgan fingerprint density at radius 3 is 2.33 bits per heavy atom. The highest BCUT2D eigenvalue weighted by Crippen LogP contribution is 2.23. The van der Waals surface area contributed by atoms with Gasteiger partial charge in [0.15, 0.2) is 0 Å². The van der Waals surface area contributed by atoms with Crippen LogP contribution >= 0.6 is 0 Å². The highest BCUT2D eigenvalue weighted by molar-refractivity contribution is 4.84. The lowest BCUT2D eigenvalue weighted by Crippen LogP contribution is -2.16. The van der Waals surface area contributed by atoms with E-state index in [4.69, 9.17) is 15.9 Å². The summed E-state index contributed by atoms with van der Waals surface area (Å²) in [5.74, 6) is 0.0278. The Labute approximate surface area is 54.5 Å². The Kier molecular flexibility index (Phi) is 2.05. The molecule has 0 aliphatic heterocycles. The number of rotatable bonds is 1. The van der Waals surface area contributed by atoms with Crippen LogP contribution in [-0.2, 0) is 0 Å². The zero-order valence-electron chi connectivity index (χ0n) is 5.33. The summed E-state index contributed by atoms with van der Waals surface area (Å²) in [6.07, 6.45) is 1.04. The molecule has 0 spiro atoms. The molecule has 1 aliphatic rings. The van der Waals surface area contributed by atoms with Gasteiger partial charge < -0.3 is 15.9 Å². The van der Waals surface area contributed by atoms with E-state index in [-0.39, 0.29) is 24.7 Å². The van der Waals surface area contributed by atoms with Gasteiger partial charge in [-0.05, 0) is 12.8 Å². The average molecular weight is 131 g/mol. The SMILES string of the molecule is N[C@@H]1CC(CO)[C@@H](O)C1. The largest absolute Gasteiger partial charge is 0.396 e. The molecule has 9 heavy (non-hydrogen) atoms. The van der Waals surface area contributed by atoms with Crippen LogP contribution in [0.1, 0.15) is 12.8 Å². The molecule has 1 aliphatic carbocycles. The smallest absolute Gasteiger partial charge is 0.0605 e. The Bertz CT molecular complexity index is 97.1. The summed E-state index contributed by atoms with van der Waals surface area (Å²) >= 11 is 0. The van der Waals surface area contributed by atoms with Crippen molar-refractivity contribution in [1.82, 2.24) is 0 Å². The summed E-state index contributed by atoms with van der Waals surface area (Å²) in [5.41, 5.74) is 5.52. The fourth-order valence-corrected chi connectivity index (χ4v) is 1.34. The van der Waals surface area contributed by atoms with E-state index in [0.29, 0.717) is 6.42 Å². The van der Waals surface area contributed by atoms with Crippen molar-refractivity contribution in [3.8, 4) is 0 Å². The summed E-state index contributed by atoms with van der Waals surface area (Å²) in [4.78, 5) is 0. The molecule has 0 aromatic heterocycles. The van der Waals surface area contributed by atoms with E-state index < -0.39 is 0 Å². The number of aliphatic hydroxyl groups excluding tert-OH is 2. The van der Waals surface area contributed by atoms with Crippen LogP contribution in [0.25, 0.3) is 0 Å². The van der Waals surface area contributed by atoms with Crippen molar-refractivity contribution in [2.24, 2.45) is 11.7 Å². The predicted molar refractivity (Wildman–Crippen MR) is 33.8 cm³/mol. The lowest BCUT2D eigenvalue weighted by Gasteiger charge is -2.08.